The molecule has 18 heavy (non-hydrogen) atoms. The number of piperazine rings is 1. The van der Waals surface area contributed by atoms with Gasteiger partial charge in [-0.2, -0.15) is 12.6 Å². The minimum atomic E-state index is 0.446. The molecule has 0 aromatic heterocycles. The van der Waals surface area contributed by atoms with E-state index < -0.39 is 0 Å². The van der Waals surface area contributed by atoms with Crippen LogP contribution in [0.15, 0.2) is 0 Å². The van der Waals surface area contributed by atoms with Crippen LogP contribution in [0.5, 0.6) is 0 Å². The van der Waals surface area contributed by atoms with Gasteiger partial charge in [0, 0.05) is 39.3 Å². The predicted molar refractivity (Wildman–Crippen MR) is 82.5 cm³/mol. The molecular formula is C15H30N2S. The first kappa shape index (κ1) is 14.7. The average molecular weight is 270 g/mol. The summed E-state index contributed by atoms with van der Waals surface area (Å²) >= 11 is 4.60. The van der Waals surface area contributed by atoms with Crippen LogP contribution in [0.3, 0.4) is 0 Å². The maximum Gasteiger partial charge on any atom is 0.0110 e. The molecule has 1 heterocycles. The molecule has 0 amide bonds. The first-order valence-corrected chi connectivity index (χ1v) is 8.40. The van der Waals surface area contributed by atoms with Crippen LogP contribution in [0.4, 0.5) is 0 Å². The van der Waals surface area contributed by atoms with E-state index in [4.69, 9.17) is 0 Å². The van der Waals surface area contributed by atoms with Crippen LogP contribution in [0.2, 0.25) is 0 Å². The Morgan fingerprint density at radius 3 is 2.00 bits per heavy atom. The van der Waals surface area contributed by atoms with Crippen molar-refractivity contribution in [2.24, 2.45) is 11.3 Å². The van der Waals surface area contributed by atoms with E-state index >= 15 is 0 Å². The van der Waals surface area contributed by atoms with Crippen molar-refractivity contribution in [3.05, 3.63) is 0 Å². The van der Waals surface area contributed by atoms with Gasteiger partial charge in [0.1, 0.15) is 0 Å². The standard InChI is InChI=1S/C15H30N2S/c1-3-15(4-2,13-18)12-17-9-7-16(8-10-17)11-14-5-6-14/h14,18H,3-13H2,1-2H3. The molecule has 0 N–H and O–H groups in total. The number of rotatable bonds is 7. The van der Waals surface area contributed by atoms with Crippen molar-refractivity contribution < 1.29 is 0 Å². The molecule has 0 bridgehead atoms. The first-order valence-electron chi connectivity index (χ1n) is 7.77. The summed E-state index contributed by atoms with van der Waals surface area (Å²) < 4.78 is 0. The van der Waals surface area contributed by atoms with E-state index in [1.807, 2.05) is 0 Å². The lowest BCUT2D eigenvalue weighted by Crippen LogP contribution is -2.50. The summed E-state index contributed by atoms with van der Waals surface area (Å²) in [4.78, 5) is 5.35. The van der Waals surface area contributed by atoms with E-state index in [0.29, 0.717) is 5.41 Å². The maximum absolute atomic E-state index is 4.60. The molecule has 106 valence electrons. The maximum atomic E-state index is 4.60. The van der Waals surface area contributed by atoms with Gasteiger partial charge in [-0.1, -0.05) is 13.8 Å². The van der Waals surface area contributed by atoms with Crippen LogP contribution in [0.25, 0.3) is 0 Å². The summed E-state index contributed by atoms with van der Waals surface area (Å²) in [6, 6.07) is 0. The molecule has 0 radical (unpaired) electrons. The molecule has 1 saturated carbocycles. The van der Waals surface area contributed by atoms with Gasteiger partial charge in [-0.05, 0) is 42.8 Å². The van der Waals surface area contributed by atoms with E-state index in [2.05, 4.69) is 36.3 Å². The normalized spacial score (nSPS) is 23.5. The van der Waals surface area contributed by atoms with Gasteiger partial charge >= 0.3 is 0 Å². The van der Waals surface area contributed by atoms with Gasteiger partial charge in [0.2, 0.25) is 0 Å². The highest BCUT2D eigenvalue weighted by molar-refractivity contribution is 7.80. The fourth-order valence-corrected chi connectivity index (χ4v) is 3.56. The van der Waals surface area contributed by atoms with Crippen molar-refractivity contribution >= 4 is 12.6 Å². The summed E-state index contributed by atoms with van der Waals surface area (Å²) in [7, 11) is 0. The number of hydrogen-bond donors (Lipinski definition) is 1. The van der Waals surface area contributed by atoms with Crippen LogP contribution in [0, 0.1) is 11.3 Å². The molecule has 0 aromatic rings. The zero-order chi connectivity index (χ0) is 13.0. The molecule has 0 atom stereocenters. The fourth-order valence-electron chi connectivity index (χ4n) is 3.02. The Kier molecular flexibility index (Phi) is 5.40. The molecule has 1 aliphatic heterocycles. The van der Waals surface area contributed by atoms with Gasteiger partial charge in [-0.25, -0.2) is 0 Å². The van der Waals surface area contributed by atoms with E-state index in [9.17, 15) is 0 Å². The van der Waals surface area contributed by atoms with E-state index in [-0.39, 0.29) is 0 Å². The Morgan fingerprint density at radius 1 is 1.00 bits per heavy atom. The Morgan fingerprint density at radius 2 is 1.56 bits per heavy atom. The quantitative estimate of drug-likeness (QED) is 0.711. The third-order valence-corrected chi connectivity index (χ3v) is 5.74. The number of thiol groups is 1. The van der Waals surface area contributed by atoms with Crippen molar-refractivity contribution in [2.75, 3.05) is 45.0 Å². The molecule has 2 aliphatic rings. The predicted octanol–water partition coefficient (Wildman–Crippen LogP) is 2.75. The highest BCUT2D eigenvalue weighted by atomic mass is 32.1. The highest BCUT2D eigenvalue weighted by Crippen LogP contribution is 2.31. The summed E-state index contributed by atoms with van der Waals surface area (Å²) in [6.45, 7) is 12.4. The third-order valence-electron chi connectivity index (χ3n) is 5.07. The van der Waals surface area contributed by atoms with Crippen molar-refractivity contribution in [1.82, 2.24) is 9.80 Å². The van der Waals surface area contributed by atoms with E-state index in [1.165, 1.54) is 65.0 Å². The van der Waals surface area contributed by atoms with E-state index in [0.717, 1.165) is 11.7 Å². The lowest BCUT2D eigenvalue weighted by atomic mass is 9.83. The Bertz CT molecular complexity index is 233. The van der Waals surface area contributed by atoms with Gasteiger partial charge in [0.15, 0.2) is 0 Å². The highest BCUT2D eigenvalue weighted by Gasteiger charge is 2.30. The topological polar surface area (TPSA) is 6.48 Å². The zero-order valence-electron chi connectivity index (χ0n) is 12.2. The molecule has 0 aromatic carbocycles. The third kappa shape index (κ3) is 3.88. The van der Waals surface area contributed by atoms with Gasteiger partial charge < -0.3 is 9.80 Å². The van der Waals surface area contributed by atoms with Gasteiger partial charge in [-0.3, -0.25) is 0 Å². The summed E-state index contributed by atoms with van der Waals surface area (Å²) in [6.07, 6.45) is 5.48. The Balaban J connectivity index is 1.74. The summed E-state index contributed by atoms with van der Waals surface area (Å²) in [5, 5.41) is 0. The molecule has 1 aliphatic carbocycles. The molecule has 2 fully saturated rings. The van der Waals surface area contributed by atoms with Crippen LogP contribution in [-0.4, -0.2) is 54.8 Å². The van der Waals surface area contributed by atoms with Crippen LogP contribution >= 0.6 is 12.6 Å². The van der Waals surface area contributed by atoms with Crippen LogP contribution in [0.1, 0.15) is 39.5 Å². The molecule has 2 nitrogen and oxygen atoms in total. The van der Waals surface area contributed by atoms with E-state index in [1.54, 1.807) is 0 Å². The Hall–Kier alpha value is 0.270. The number of nitrogens with zero attached hydrogens (tertiary/aromatic N) is 2. The van der Waals surface area contributed by atoms with Gasteiger partial charge in [-0.15, -0.1) is 0 Å². The van der Waals surface area contributed by atoms with Crippen LogP contribution in [-0.2, 0) is 0 Å². The minimum Gasteiger partial charge on any atom is -0.301 e. The molecular weight excluding hydrogens is 240 g/mol. The second-order valence-electron chi connectivity index (χ2n) is 6.39. The van der Waals surface area contributed by atoms with Crippen LogP contribution < -0.4 is 0 Å². The average Bonchev–Trinajstić information content (AvgIpc) is 3.22. The van der Waals surface area contributed by atoms with Crippen molar-refractivity contribution in [1.29, 1.82) is 0 Å². The monoisotopic (exact) mass is 270 g/mol. The molecule has 3 heteroatoms. The SMILES string of the molecule is CCC(CC)(CS)CN1CCN(CC2CC2)CC1. The van der Waals surface area contributed by atoms with Crippen molar-refractivity contribution in [2.45, 2.75) is 39.5 Å². The smallest absolute Gasteiger partial charge is 0.0110 e. The largest absolute Gasteiger partial charge is 0.301 e. The summed E-state index contributed by atoms with van der Waals surface area (Å²) in [5.41, 5.74) is 0.446. The van der Waals surface area contributed by atoms with Crippen molar-refractivity contribution in [3.63, 3.8) is 0 Å². The first-order chi connectivity index (χ1) is 8.71. The lowest BCUT2D eigenvalue weighted by molar-refractivity contribution is 0.0867. The number of hydrogen-bond acceptors (Lipinski definition) is 3. The van der Waals surface area contributed by atoms with Gasteiger partial charge in [0.05, 0.1) is 0 Å². The second kappa shape index (κ2) is 6.62. The lowest BCUT2D eigenvalue weighted by Gasteiger charge is -2.41. The van der Waals surface area contributed by atoms with Crippen molar-refractivity contribution in [3.8, 4) is 0 Å². The van der Waals surface area contributed by atoms with Gasteiger partial charge in [0.25, 0.3) is 0 Å². The minimum absolute atomic E-state index is 0.446. The molecule has 0 unspecified atom stereocenters. The Labute approximate surface area is 119 Å². The molecule has 2 rings (SSSR count). The second-order valence-corrected chi connectivity index (χ2v) is 6.70. The zero-order valence-corrected chi connectivity index (χ0v) is 13.1. The summed E-state index contributed by atoms with van der Waals surface area (Å²) in [5.74, 6) is 2.07. The molecule has 0 spiro atoms. The fraction of sp³-hybridized carbons (Fsp3) is 1.00. The molecule has 1 saturated heterocycles.